The molecule has 1 atom stereocenters. The smallest absolute Gasteiger partial charge is 0.247 e. The van der Waals surface area contributed by atoms with Crippen LogP contribution in [-0.2, 0) is 4.79 Å². The van der Waals surface area contributed by atoms with Gasteiger partial charge in [-0.2, -0.15) is 0 Å². The summed E-state index contributed by atoms with van der Waals surface area (Å²) in [5.74, 6) is 1.26. The lowest BCUT2D eigenvalue weighted by atomic mass is 9.88. The Morgan fingerprint density at radius 2 is 1.78 bits per heavy atom. The van der Waals surface area contributed by atoms with E-state index in [1.807, 2.05) is 11.8 Å². The molecule has 1 saturated heterocycles. The Morgan fingerprint density at radius 3 is 2.39 bits per heavy atom. The van der Waals surface area contributed by atoms with Crippen molar-refractivity contribution in [2.45, 2.75) is 57.9 Å². The SMILES string of the molecule is CC(N=C(N)C1CCCCC1)C(=O)N1CCCC1. The molecule has 18 heavy (non-hydrogen) atoms. The van der Waals surface area contributed by atoms with Crippen LogP contribution in [0.2, 0.25) is 0 Å². The molecule has 2 N–H and O–H groups in total. The highest BCUT2D eigenvalue weighted by atomic mass is 16.2. The van der Waals surface area contributed by atoms with E-state index in [4.69, 9.17) is 5.73 Å². The molecule has 4 heteroatoms. The summed E-state index contributed by atoms with van der Waals surface area (Å²) in [5, 5.41) is 0. The van der Waals surface area contributed by atoms with Gasteiger partial charge in [-0.1, -0.05) is 19.3 Å². The van der Waals surface area contributed by atoms with Crippen LogP contribution in [0.25, 0.3) is 0 Å². The van der Waals surface area contributed by atoms with Crippen LogP contribution in [0.3, 0.4) is 0 Å². The Hall–Kier alpha value is -1.06. The molecule has 0 aromatic rings. The van der Waals surface area contributed by atoms with Crippen molar-refractivity contribution >= 4 is 11.7 Å². The molecule has 4 nitrogen and oxygen atoms in total. The number of likely N-dealkylation sites (tertiary alicyclic amines) is 1. The van der Waals surface area contributed by atoms with Gasteiger partial charge >= 0.3 is 0 Å². The molecule has 1 amide bonds. The van der Waals surface area contributed by atoms with E-state index in [9.17, 15) is 4.79 Å². The molecule has 0 radical (unpaired) electrons. The third kappa shape index (κ3) is 3.24. The first-order valence-electron chi connectivity index (χ1n) is 7.30. The van der Waals surface area contributed by atoms with Gasteiger partial charge in [-0.05, 0) is 32.6 Å². The van der Waals surface area contributed by atoms with Gasteiger partial charge < -0.3 is 10.6 Å². The van der Waals surface area contributed by atoms with Crippen LogP contribution in [0.15, 0.2) is 4.99 Å². The Kier molecular flexibility index (Phi) is 4.61. The molecule has 1 saturated carbocycles. The molecule has 0 spiro atoms. The highest BCUT2D eigenvalue weighted by molar-refractivity contribution is 5.88. The second-order valence-corrected chi connectivity index (χ2v) is 5.60. The van der Waals surface area contributed by atoms with Crippen LogP contribution < -0.4 is 5.73 Å². The quantitative estimate of drug-likeness (QED) is 0.615. The second-order valence-electron chi connectivity index (χ2n) is 5.60. The molecule has 2 aliphatic rings. The molecule has 1 unspecified atom stereocenters. The van der Waals surface area contributed by atoms with Gasteiger partial charge in [0.2, 0.25) is 5.91 Å². The van der Waals surface area contributed by atoms with Gasteiger partial charge in [0.25, 0.3) is 0 Å². The van der Waals surface area contributed by atoms with Gasteiger partial charge in [0, 0.05) is 19.0 Å². The minimum absolute atomic E-state index is 0.145. The third-order valence-corrected chi connectivity index (χ3v) is 4.14. The number of carbonyl (C=O) groups is 1. The van der Waals surface area contributed by atoms with E-state index in [0.717, 1.165) is 38.8 Å². The van der Waals surface area contributed by atoms with Crippen LogP contribution in [0.1, 0.15) is 51.9 Å². The summed E-state index contributed by atoms with van der Waals surface area (Å²) in [6, 6.07) is -0.301. The standard InChI is InChI=1S/C14H25N3O/c1-11(14(18)17-9-5-6-10-17)16-13(15)12-7-3-2-4-8-12/h11-12H,2-10H2,1H3,(H2,15,16). The molecule has 0 aromatic heterocycles. The average molecular weight is 251 g/mol. The monoisotopic (exact) mass is 251 g/mol. The van der Waals surface area contributed by atoms with E-state index in [2.05, 4.69) is 4.99 Å². The van der Waals surface area contributed by atoms with Crippen molar-refractivity contribution in [1.82, 2.24) is 4.90 Å². The van der Waals surface area contributed by atoms with E-state index >= 15 is 0 Å². The first kappa shape index (κ1) is 13.4. The molecule has 0 aromatic carbocycles. The normalized spacial score (nSPS) is 24.3. The van der Waals surface area contributed by atoms with Crippen molar-refractivity contribution in [2.75, 3.05) is 13.1 Å². The van der Waals surface area contributed by atoms with Crippen LogP contribution >= 0.6 is 0 Å². The van der Waals surface area contributed by atoms with Crippen molar-refractivity contribution < 1.29 is 4.79 Å². The fourth-order valence-corrected chi connectivity index (χ4v) is 2.98. The molecule has 1 heterocycles. The maximum Gasteiger partial charge on any atom is 0.247 e. The van der Waals surface area contributed by atoms with Gasteiger partial charge in [0.1, 0.15) is 6.04 Å². The van der Waals surface area contributed by atoms with Crippen LogP contribution in [-0.4, -0.2) is 35.8 Å². The lowest BCUT2D eigenvalue weighted by molar-refractivity contribution is -0.131. The van der Waals surface area contributed by atoms with E-state index < -0.39 is 0 Å². The number of amides is 1. The van der Waals surface area contributed by atoms with Crippen LogP contribution in [0.4, 0.5) is 0 Å². The van der Waals surface area contributed by atoms with E-state index in [-0.39, 0.29) is 11.9 Å². The number of aliphatic imine (C=N–C) groups is 1. The summed E-state index contributed by atoms with van der Waals surface area (Å²) in [7, 11) is 0. The van der Waals surface area contributed by atoms with Crippen molar-refractivity contribution in [3.63, 3.8) is 0 Å². The summed E-state index contributed by atoms with van der Waals surface area (Å²) in [4.78, 5) is 18.5. The number of hydrogen-bond acceptors (Lipinski definition) is 2. The summed E-state index contributed by atoms with van der Waals surface area (Å²) in [6.45, 7) is 3.65. The van der Waals surface area contributed by atoms with E-state index in [0.29, 0.717) is 11.8 Å². The van der Waals surface area contributed by atoms with Gasteiger partial charge in [-0.3, -0.25) is 9.79 Å². The lowest BCUT2D eigenvalue weighted by Gasteiger charge is -2.23. The predicted octanol–water partition coefficient (Wildman–Crippen LogP) is 1.93. The summed E-state index contributed by atoms with van der Waals surface area (Å²) in [6.07, 6.45) is 8.33. The minimum Gasteiger partial charge on any atom is -0.387 e. The predicted molar refractivity (Wildman–Crippen MR) is 73.5 cm³/mol. The molecule has 0 bridgehead atoms. The van der Waals surface area contributed by atoms with Gasteiger partial charge in [0.15, 0.2) is 0 Å². The van der Waals surface area contributed by atoms with Crippen LogP contribution in [0, 0.1) is 5.92 Å². The maximum atomic E-state index is 12.1. The molecule has 1 aliphatic carbocycles. The number of amidine groups is 1. The van der Waals surface area contributed by atoms with Gasteiger partial charge in [-0.25, -0.2) is 0 Å². The van der Waals surface area contributed by atoms with E-state index in [1.54, 1.807) is 0 Å². The molecule has 2 rings (SSSR count). The number of carbonyl (C=O) groups excluding carboxylic acids is 1. The Balaban J connectivity index is 1.91. The van der Waals surface area contributed by atoms with E-state index in [1.165, 1.54) is 19.3 Å². The van der Waals surface area contributed by atoms with Crippen molar-refractivity contribution in [3.8, 4) is 0 Å². The average Bonchev–Trinajstić information content (AvgIpc) is 2.92. The number of rotatable bonds is 3. The summed E-state index contributed by atoms with van der Waals surface area (Å²) < 4.78 is 0. The zero-order chi connectivity index (χ0) is 13.0. The van der Waals surface area contributed by atoms with Crippen molar-refractivity contribution in [1.29, 1.82) is 0 Å². The molecular formula is C14H25N3O. The van der Waals surface area contributed by atoms with Crippen molar-refractivity contribution in [2.24, 2.45) is 16.6 Å². The first-order chi connectivity index (χ1) is 8.68. The molecular weight excluding hydrogens is 226 g/mol. The molecule has 1 aliphatic heterocycles. The van der Waals surface area contributed by atoms with Gasteiger partial charge in [0.05, 0.1) is 5.84 Å². The summed E-state index contributed by atoms with van der Waals surface area (Å²) in [5.41, 5.74) is 6.07. The number of nitrogens with zero attached hydrogens (tertiary/aromatic N) is 2. The number of hydrogen-bond donors (Lipinski definition) is 1. The Labute approximate surface area is 110 Å². The first-order valence-corrected chi connectivity index (χ1v) is 7.30. The zero-order valence-electron chi connectivity index (χ0n) is 11.4. The molecule has 102 valence electrons. The topological polar surface area (TPSA) is 58.7 Å². The zero-order valence-corrected chi connectivity index (χ0v) is 11.4. The minimum atomic E-state index is -0.301. The van der Waals surface area contributed by atoms with Crippen molar-refractivity contribution in [3.05, 3.63) is 0 Å². The number of nitrogens with two attached hydrogens (primary N) is 1. The van der Waals surface area contributed by atoms with Gasteiger partial charge in [-0.15, -0.1) is 0 Å². The highest BCUT2D eigenvalue weighted by Gasteiger charge is 2.24. The highest BCUT2D eigenvalue weighted by Crippen LogP contribution is 2.24. The molecule has 2 fully saturated rings. The maximum absolute atomic E-state index is 12.1. The Bertz CT molecular complexity index is 315. The third-order valence-electron chi connectivity index (χ3n) is 4.14. The largest absolute Gasteiger partial charge is 0.387 e. The summed E-state index contributed by atoms with van der Waals surface area (Å²) >= 11 is 0. The second kappa shape index (κ2) is 6.21. The lowest BCUT2D eigenvalue weighted by Crippen LogP contribution is -2.37. The fraction of sp³-hybridized carbons (Fsp3) is 0.857. The van der Waals surface area contributed by atoms with Crippen LogP contribution in [0.5, 0.6) is 0 Å². The Morgan fingerprint density at radius 1 is 1.17 bits per heavy atom. The fourth-order valence-electron chi connectivity index (χ4n) is 2.98.